The van der Waals surface area contributed by atoms with Crippen molar-refractivity contribution in [3.8, 4) is 11.4 Å². The first-order valence-corrected chi connectivity index (χ1v) is 5.56. The molecule has 0 unspecified atom stereocenters. The van der Waals surface area contributed by atoms with Crippen molar-refractivity contribution in [3.63, 3.8) is 0 Å². The molecule has 0 fully saturated rings. The Morgan fingerprint density at radius 3 is 2.90 bits per heavy atom. The van der Waals surface area contributed by atoms with Crippen molar-refractivity contribution in [1.29, 1.82) is 0 Å². The number of aromatic amines is 1. The molecule has 0 aliphatic heterocycles. The summed E-state index contributed by atoms with van der Waals surface area (Å²) in [5.41, 5.74) is -0.551. The van der Waals surface area contributed by atoms with Crippen molar-refractivity contribution >= 4 is 16.9 Å². The normalized spacial score (nSPS) is 10.8. The van der Waals surface area contributed by atoms with Crippen molar-refractivity contribution < 1.29 is 15.0 Å². The molecular weight excluding hydrogens is 264 g/mol. The van der Waals surface area contributed by atoms with Crippen LogP contribution < -0.4 is 5.43 Å². The van der Waals surface area contributed by atoms with Crippen LogP contribution in [0.25, 0.3) is 16.6 Å². The molecule has 8 nitrogen and oxygen atoms in total. The van der Waals surface area contributed by atoms with Gasteiger partial charge in [0.15, 0.2) is 5.75 Å². The zero-order valence-electron chi connectivity index (χ0n) is 9.94. The summed E-state index contributed by atoms with van der Waals surface area (Å²) >= 11 is 0. The Morgan fingerprint density at radius 1 is 1.35 bits per heavy atom. The van der Waals surface area contributed by atoms with Gasteiger partial charge < -0.3 is 10.2 Å². The number of hydrogen-bond acceptors (Lipinski definition) is 5. The van der Waals surface area contributed by atoms with Gasteiger partial charge in [0.05, 0.1) is 23.6 Å². The summed E-state index contributed by atoms with van der Waals surface area (Å²) in [6.45, 7) is 0. The minimum absolute atomic E-state index is 0.486. The fourth-order valence-electron chi connectivity index (χ4n) is 1.82. The third-order valence-corrected chi connectivity index (χ3v) is 2.79. The summed E-state index contributed by atoms with van der Waals surface area (Å²) < 4.78 is 1.13. The fraction of sp³-hybridized carbons (Fsp3) is 0. The van der Waals surface area contributed by atoms with Gasteiger partial charge in [0, 0.05) is 5.39 Å². The summed E-state index contributed by atoms with van der Waals surface area (Å²) in [4.78, 5) is 22.4. The lowest BCUT2D eigenvalue weighted by Crippen LogP contribution is -2.20. The van der Waals surface area contributed by atoms with Gasteiger partial charge in [-0.2, -0.15) is 10.2 Å². The van der Waals surface area contributed by atoms with Crippen molar-refractivity contribution in [2.45, 2.75) is 0 Å². The number of fused-ring (bicyclic) bond motifs is 1. The van der Waals surface area contributed by atoms with Crippen LogP contribution in [0.4, 0.5) is 0 Å². The van der Waals surface area contributed by atoms with Crippen LogP contribution in [0.3, 0.4) is 0 Å². The van der Waals surface area contributed by atoms with Crippen LogP contribution in [-0.4, -0.2) is 36.2 Å². The second-order valence-corrected chi connectivity index (χ2v) is 4.08. The number of aromatic nitrogens is 4. The number of carbonyl (C=O) groups is 1. The van der Waals surface area contributed by atoms with Crippen molar-refractivity contribution in [2.75, 3.05) is 0 Å². The minimum Gasteiger partial charge on any atom is -0.503 e. The molecule has 0 aliphatic rings. The van der Waals surface area contributed by atoms with Gasteiger partial charge in [0.25, 0.3) is 5.43 Å². The Labute approximate surface area is 110 Å². The zero-order chi connectivity index (χ0) is 14.3. The number of carboxylic acid groups (broad SMARTS) is 1. The van der Waals surface area contributed by atoms with Crippen LogP contribution >= 0.6 is 0 Å². The molecule has 1 aromatic carbocycles. The molecule has 100 valence electrons. The number of hydrogen-bond donors (Lipinski definition) is 3. The molecular formula is C12H8N4O4. The minimum atomic E-state index is -1.50. The van der Waals surface area contributed by atoms with Gasteiger partial charge in [-0.15, -0.1) is 0 Å². The number of carboxylic acids is 1. The van der Waals surface area contributed by atoms with Crippen LogP contribution in [0.5, 0.6) is 5.75 Å². The number of benzene rings is 1. The van der Waals surface area contributed by atoms with Crippen molar-refractivity contribution in [3.05, 3.63) is 46.5 Å². The van der Waals surface area contributed by atoms with Crippen LogP contribution in [0.15, 0.2) is 35.4 Å². The zero-order valence-corrected chi connectivity index (χ0v) is 9.94. The Morgan fingerprint density at radius 2 is 2.15 bits per heavy atom. The first kappa shape index (κ1) is 11.9. The molecule has 0 aliphatic carbocycles. The summed E-state index contributed by atoms with van der Waals surface area (Å²) in [7, 11) is 0. The summed E-state index contributed by atoms with van der Waals surface area (Å²) in [5, 5.41) is 29.6. The lowest BCUT2D eigenvalue weighted by molar-refractivity contribution is 0.0686. The number of aromatic hydroxyl groups is 1. The quantitative estimate of drug-likeness (QED) is 0.625. The molecule has 3 rings (SSSR count). The Kier molecular flexibility index (Phi) is 2.50. The molecule has 3 aromatic rings. The molecule has 0 amide bonds. The lowest BCUT2D eigenvalue weighted by atomic mass is 10.2. The van der Waals surface area contributed by atoms with Gasteiger partial charge in [0.2, 0.25) is 5.69 Å². The highest BCUT2D eigenvalue weighted by atomic mass is 16.4. The Hall–Kier alpha value is -3.16. The Bertz CT molecular complexity index is 881. The first-order valence-electron chi connectivity index (χ1n) is 5.56. The monoisotopic (exact) mass is 272 g/mol. The molecule has 0 atom stereocenters. The van der Waals surface area contributed by atoms with E-state index in [1.165, 1.54) is 0 Å². The maximum atomic E-state index is 11.4. The van der Waals surface area contributed by atoms with Gasteiger partial charge in [-0.05, 0) is 18.2 Å². The number of H-pyrrole nitrogens is 1. The van der Waals surface area contributed by atoms with E-state index in [0.29, 0.717) is 5.69 Å². The summed E-state index contributed by atoms with van der Waals surface area (Å²) in [6.07, 6.45) is 2.70. The standard InChI is InChI=1S/C12H8N4O4/c17-9-5-16(15-10(11(9)18)12(19)20)7-2-1-6-4-13-14-8(6)3-7/h1-5,17H,(H,13,14)(H,19,20). The van der Waals surface area contributed by atoms with E-state index in [0.717, 1.165) is 21.8 Å². The number of rotatable bonds is 2. The molecule has 0 spiro atoms. The molecule has 0 saturated heterocycles. The van der Waals surface area contributed by atoms with Gasteiger partial charge in [-0.3, -0.25) is 9.89 Å². The van der Waals surface area contributed by atoms with Crippen LogP contribution in [0, 0.1) is 0 Å². The summed E-state index contributed by atoms with van der Waals surface area (Å²) in [5.74, 6) is -2.18. The van der Waals surface area contributed by atoms with E-state index < -0.39 is 22.8 Å². The second-order valence-electron chi connectivity index (χ2n) is 4.08. The van der Waals surface area contributed by atoms with Gasteiger partial charge in [-0.25, -0.2) is 9.48 Å². The highest BCUT2D eigenvalue weighted by molar-refractivity contribution is 5.85. The van der Waals surface area contributed by atoms with Gasteiger partial charge >= 0.3 is 5.97 Å². The van der Waals surface area contributed by atoms with E-state index in [2.05, 4.69) is 15.3 Å². The summed E-state index contributed by atoms with van der Waals surface area (Å²) in [6, 6.07) is 5.09. The highest BCUT2D eigenvalue weighted by Gasteiger charge is 2.16. The third-order valence-electron chi connectivity index (χ3n) is 2.79. The van der Waals surface area contributed by atoms with E-state index in [9.17, 15) is 14.7 Å². The lowest BCUT2D eigenvalue weighted by Gasteiger charge is -2.06. The smallest absolute Gasteiger partial charge is 0.360 e. The molecule has 0 saturated carbocycles. The SMILES string of the molecule is O=C(O)c1nn(-c2ccc3cn[nH]c3c2)cc(O)c1=O. The largest absolute Gasteiger partial charge is 0.503 e. The predicted octanol–water partition coefficient (Wildman–Crippen LogP) is 0.513. The van der Waals surface area contributed by atoms with Crippen molar-refractivity contribution in [1.82, 2.24) is 20.0 Å². The number of aromatic carboxylic acids is 1. The second kappa shape index (κ2) is 4.19. The molecule has 3 N–H and O–H groups in total. The average molecular weight is 272 g/mol. The average Bonchev–Trinajstić information content (AvgIpc) is 2.88. The molecule has 0 radical (unpaired) electrons. The Balaban J connectivity index is 2.23. The molecule has 0 bridgehead atoms. The molecule has 8 heteroatoms. The van der Waals surface area contributed by atoms with Gasteiger partial charge in [0.1, 0.15) is 0 Å². The van der Waals surface area contributed by atoms with Crippen LogP contribution in [-0.2, 0) is 0 Å². The topological polar surface area (TPSA) is 121 Å². The number of nitrogens with one attached hydrogen (secondary N) is 1. The molecule has 2 aromatic heterocycles. The van der Waals surface area contributed by atoms with E-state index in [1.54, 1.807) is 24.4 Å². The first-order chi connectivity index (χ1) is 9.56. The van der Waals surface area contributed by atoms with Crippen molar-refractivity contribution in [2.24, 2.45) is 0 Å². The molecule has 20 heavy (non-hydrogen) atoms. The molecule has 2 heterocycles. The third kappa shape index (κ3) is 1.79. The van der Waals surface area contributed by atoms with Gasteiger partial charge in [-0.1, -0.05) is 0 Å². The van der Waals surface area contributed by atoms with Crippen LogP contribution in [0.1, 0.15) is 10.5 Å². The highest BCUT2D eigenvalue weighted by Crippen LogP contribution is 2.16. The number of nitrogens with zero attached hydrogens (tertiary/aromatic N) is 3. The van der Waals surface area contributed by atoms with E-state index >= 15 is 0 Å². The predicted molar refractivity (Wildman–Crippen MR) is 68.1 cm³/mol. The maximum absolute atomic E-state index is 11.4. The fourth-order valence-corrected chi connectivity index (χ4v) is 1.82. The maximum Gasteiger partial charge on any atom is 0.360 e. The van der Waals surface area contributed by atoms with E-state index in [1.807, 2.05) is 0 Å². The van der Waals surface area contributed by atoms with E-state index in [4.69, 9.17) is 5.11 Å². The van der Waals surface area contributed by atoms with Crippen LogP contribution in [0.2, 0.25) is 0 Å². The van der Waals surface area contributed by atoms with E-state index in [-0.39, 0.29) is 0 Å².